The molecule has 0 spiro atoms. The van der Waals surface area contributed by atoms with Crippen LogP contribution >= 0.6 is 0 Å². The summed E-state index contributed by atoms with van der Waals surface area (Å²) in [6.45, 7) is 10.7. The lowest BCUT2D eigenvalue weighted by Gasteiger charge is -2.48. The molecule has 0 bridgehead atoms. The van der Waals surface area contributed by atoms with Gasteiger partial charge in [0.25, 0.3) is 0 Å². The first-order valence-corrected chi connectivity index (χ1v) is 16.8. The van der Waals surface area contributed by atoms with Gasteiger partial charge in [0.05, 0.1) is 5.75 Å². The van der Waals surface area contributed by atoms with Crippen LogP contribution in [-0.2, 0) is 90.8 Å². The monoisotopic (exact) mass is 738 g/mol. The maximum atomic E-state index is 13.5. The minimum absolute atomic E-state index is 0.173. The Kier molecular flexibility index (Phi) is 15.3. The summed E-state index contributed by atoms with van der Waals surface area (Å²) in [6, 6.07) is 0. The Morgan fingerprint density at radius 2 is 0.900 bits per heavy atom. The molecule has 20 heteroatoms. The maximum Gasteiger partial charge on any atom is 0.303 e. The van der Waals surface area contributed by atoms with Gasteiger partial charge in [-0.25, -0.2) is 8.42 Å². The predicted octanol–water partition coefficient (Wildman–Crippen LogP) is -0.403. The number of rotatable bonds is 14. The molecule has 2 rings (SSSR count). The standard InChI is InChI=1S/C30H42O19S/c1-13(2)12-50(38,39)30-28(46-20(9)37)26(44-18(7)35)24(22(48-30)11-41-15(4)32)49-29-27(45-19(8)36)25(43-17(6)34)23(42-16(5)33)21(47-29)10-40-14(3)31/h21-30H,1,10-12H2,2-9H3/t21-,22-,23+,24-,25?,26+,27-,28-,29+,30?/m1/s1. The molecule has 0 aromatic rings. The molecular weight excluding hydrogens is 696 g/mol. The summed E-state index contributed by atoms with van der Waals surface area (Å²) in [5.41, 5.74) is -1.85. The zero-order valence-corrected chi connectivity index (χ0v) is 29.6. The first kappa shape index (κ1) is 42.0. The van der Waals surface area contributed by atoms with E-state index >= 15 is 0 Å². The number of esters is 7. The van der Waals surface area contributed by atoms with Crippen LogP contribution in [0.25, 0.3) is 0 Å². The minimum Gasteiger partial charge on any atom is -0.463 e. The van der Waals surface area contributed by atoms with Gasteiger partial charge in [-0.2, -0.15) is 0 Å². The van der Waals surface area contributed by atoms with Crippen molar-refractivity contribution in [3.8, 4) is 0 Å². The third-order valence-electron chi connectivity index (χ3n) is 6.69. The van der Waals surface area contributed by atoms with E-state index in [0.29, 0.717) is 0 Å². The third-order valence-corrected chi connectivity index (χ3v) is 8.67. The van der Waals surface area contributed by atoms with Crippen LogP contribution in [-0.4, -0.2) is 130 Å². The Morgan fingerprint density at radius 1 is 0.520 bits per heavy atom. The fourth-order valence-electron chi connectivity index (χ4n) is 5.19. The van der Waals surface area contributed by atoms with Gasteiger partial charge in [0.1, 0.15) is 31.5 Å². The number of hydrogen-bond acceptors (Lipinski definition) is 19. The lowest BCUT2D eigenvalue weighted by Crippen LogP contribution is -2.67. The molecule has 0 amide bonds. The predicted molar refractivity (Wildman–Crippen MR) is 162 cm³/mol. The van der Waals surface area contributed by atoms with Gasteiger partial charge in [0.2, 0.25) is 0 Å². The number of ether oxygens (including phenoxy) is 10. The number of hydrogen-bond donors (Lipinski definition) is 0. The van der Waals surface area contributed by atoms with Crippen molar-refractivity contribution in [1.29, 1.82) is 0 Å². The van der Waals surface area contributed by atoms with Gasteiger partial charge >= 0.3 is 41.8 Å². The lowest BCUT2D eigenvalue weighted by molar-refractivity contribution is -0.341. The number of carbonyl (C=O) groups excluding carboxylic acids is 7. The van der Waals surface area contributed by atoms with Crippen molar-refractivity contribution in [2.24, 2.45) is 0 Å². The Hall–Kier alpha value is -4.14. The highest BCUT2D eigenvalue weighted by Crippen LogP contribution is 2.36. The molecule has 0 N–H and O–H groups in total. The van der Waals surface area contributed by atoms with E-state index in [4.69, 9.17) is 47.4 Å². The minimum atomic E-state index is -4.41. The Labute approximate surface area is 288 Å². The summed E-state index contributed by atoms with van der Waals surface area (Å²) >= 11 is 0. The van der Waals surface area contributed by atoms with E-state index in [1.807, 2.05) is 0 Å². The van der Waals surface area contributed by atoms with E-state index in [9.17, 15) is 42.0 Å². The summed E-state index contributed by atoms with van der Waals surface area (Å²) in [4.78, 5) is 85.1. The summed E-state index contributed by atoms with van der Waals surface area (Å²) in [5, 5.41) is 0. The average molecular weight is 739 g/mol. The van der Waals surface area contributed by atoms with E-state index in [1.165, 1.54) is 6.92 Å². The van der Waals surface area contributed by atoms with Crippen molar-refractivity contribution in [3.05, 3.63) is 12.2 Å². The molecule has 19 nitrogen and oxygen atoms in total. The molecule has 0 aliphatic carbocycles. The quantitative estimate of drug-likeness (QED) is 0.125. The van der Waals surface area contributed by atoms with Crippen molar-refractivity contribution in [2.45, 2.75) is 116 Å². The highest BCUT2D eigenvalue weighted by atomic mass is 32.2. The molecule has 282 valence electrons. The number of sulfone groups is 1. The number of carbonyl (C=O) groups is 7. The van der Waals surface area contributed by atoms with Crippen LogP contribution in [0.2, 0.25) is 0 Å². The first-order valence-electron chi connectivity index (χ1n) is 15.1. The fraction of sp³-hybridized carbons (Fsp3) is 0.700. The van der Waals surface area contributed by atoms with Crippen molar-refractivity contribution in [2.75, 3.05) is 19.0 Å². The van der Waals surface area contributed by atoms with Crippen LogP contribution < -0.4 is 0 Å². The smallest absolute Gasteiger partial charge is 0.303 e. The molecule has 2 aliphatic heterocycles. The van der Waals surface area contributed by atoms with Crippen LogP contribution in [0, 0.1) is 0 Å². The van der Waals surface area contributed by atoms with E-state index in [2.05, 4.69) is 6.58 Å². The Balaban J connectivity index is 2.82. The molecule has 2 unspecified atom stereocenters. The van der Waals surface area contributed by atoms with Crippen LogP contribution in [0.4, 0.5) is 0 Å². The van der Waals surface area contributed by atoms with E-state index in [-0.39, 0.29) is 5.57 Å². The second-order valence-electron chi connectivity index (χ2n) is 11.4. The first-order chi connectivity index (χ1) is 23.1. The van der Waals surface area contributed by atoms with Gasteiger partial charge in [-0.15, -0.1) is 0 Å². The zero-order chi connectivity index (χ0) is 38.1. The van der Waals surface area contributed by atoms with Gasteiger partial charge < -0.3 is 47.4 Å². The summed E-state index contributed by atoms with van der Waals surface area (Å²) in [6.07, 6.45) is -15.5. The fourth-order valence-corrected chi connectivity index (χ4v) is 6.97. The van der Waals surface area contributed by atoms with Crippen LogP contribution in [0.5, 0.6) is 0 Å². The maximum absolute atomic E-state index is 13.5. The molecule has 10 atom stereocenters. The van der Waals surface area contributed by atoms with Gasteiger partial charge in [0.15, 0.2) is 52.1 Å². The molecular formula is C30H42O19S. The van der Waals surface area contributed by atoms with E-state index in [1.54, 1.807) is 0 Å². The highest BCUT2D eigenvalue weighted by molar-refractivity contribution is 7.92. The molecule has 0 saturated carbocycles. The summed E-state index contributed by atoms with van der Waals surface area (Å²) in [7, 11) is -4.41. The molecule has 2 heterocycles. The van der Waals surface area contributed by atoms with Gasteiger partial charge in [-0.1, -0.05) is 12.2 Å². The lowest BCUT2D eigenvalue weighted by atomic mass is 9.96. The zero-order valence-electron chi connectivity index (χ0n) is 28.8. The van der Waals surface area contributed by atoms with Crippen molar-refractivity contribution >= 4 is 51.6 Å². The van der Waals surface area contributed by atoms with Crippen LogP contribution in [0.15, 0.2) is 12.2 Å². The van der Waals surface area contributed by atoms with Crippen LogP contribution in [0.1, 0.15) is 55.4 Å². The van der Waals surface area contributed by atoms with Crippen LogP contribution in [0.3, 0.4) is 0 Å². The second-order valence-corrected chi connectivity index (χ2v) is 13.5. The molecule has 0 radical (unpaired) electrons. The van der Waals surface area contributed by atoms with Gasteiger partial charge in [0, 0.05) is 48.5 Å². The van der Waals surface area contributed by atoms with Gasteiger partial charge in [-0.05, 0) is 6.92 Å². The summed E-state index contributed by atoms with van der Waals surface area (Å²) in [5.74, 6) is -7.12. The average Bonchev–Trinajstić information content (AvgIpc) is 2.94. The second kappa shape index (κ2) is 18.2. The van der Waals surface area contributed by atoms with E-state index < -0.39 is 131 Å². The summed E-state index contributed by atoms with van der Waals surface area (Å²) < 4.78 is 82.3. The third kappa shape index (κ3) is 12.3. The highest BCUT2D eigenvalue weighted by Gasteiger charge is 2.59. The Bertz CT molecular complexity index is 1420. The normalized spacial score (nSPS) is 29.4. The van der Waals surface area contributed by atoms with Crippen molar-refractivity contribution in [3.63, 3.8) is 0 Å². The molecule has 50 heavy (non-hydrogen) atoms. The molecule has 2 saturated heterocycles. The van der Waals surface area contributed by atoms with Crippen molar-refractivity contribution < 1.29 is 89.3 Å². The molecule has 0 aromatic heterocycles. The Morgan fingerprint density at radius 3 is 1.32 bits per heavy atom. The van der Waals surface area contributed by atoms with Crippen molar-refractivity contribution in [1.82, 2.24) is 0 Å². The molecule has 2 aliphatic rings. The SMILES string of the molecule is C=C(C)CS(=O)(=O)C1O[C@H](COC(C)=O)[C@@H](O[C@@H]2O[C@H](COC(C)=O)[C@H](OC(C)=O)C(OC(C)=O)[C@H]2OC(C)=O)[C@H](OC(C)=O)[C@H]1OC(C)=O. The topological polar surface area (TPSA) is 246 Å². The largest absolute Gasteiger partial charge is 0.463 e. The molecule has 0 aromatic carbocycles. The molecule has 2 fully saturated rings. The van der Waals surface area contributed by atoms with E-state index in [0.717, 1.165) is 48.5 Å². The van der Waals surface area contributed by atoms with Gasteiger partial charge in [-0.3, -0.25) is 33.6 Å².